The quantitative estimate of drug-likeness (QED) is 0.519. The van der Waals surface area contributed by atoms with Crippen LogP contribution >= 0.6 is 22.9 Å². The molecular formula is C21H20ClNO4S. The smallest absolute Gasteiger partial charge is 0.350 e. The fourth-order valence-corrected chi connectivity index (χ4v) is 4.07. The highest BCUT2D eigenvalue weighted by atomic mass is 35.5. The molecule has 3 rings (SSSR count). The monoisotopic (exact) mass is 417 g/mol. The molecule has 0 fully saturated rings. The number of amides is 1. The first-order chi connectivity index (χ1) is 13.5. The van der Waals surface area contributed by atoms with E-state index in [0.717, 1.165) is 21.4 Å². The van der Waals surface area contributed by atoms with Crippen LogP contribution in [0.1, 0.15) is 22.2 Å². The molecule has 0 aliphatic heterocycles. The van der Waals surface area contributed by atoms with E-state index < -0.39 is 5.97 Å². The lowest BCUT2D eigenvalue weighted by Gasteiger charge is -2.17. The number of hydrogen-bond acceptors (Lipinski definition) is 5. The standard InChI is InChI=1S/C21H20ClNO4S/c1-3-26-15-10-8-14(9-11-15)12-23(2)18(24)13-27-21(25)20-19(22)16-6-4-5-7-17(16)28-20/h4-11H,3,12-13H2,1-2H3. The van der Waals surface area contributed by atoms with Gasteiger partial charge < -0.3 is 14.4 Å². The number of fused-ring (bicyclic) bond motifs is 1. The topological polar surface area (TPSA) is 55.8 Å². The average molecular weight is 418 g/mol. The summed E-state index contributed by atoms with van der Waals surface area (Å²) in [7, 11) is 1.67. The first kappa shape index (κ1) is 20.2. The number of ether oxygens (including phenoxy) is 2. The van der Waals surface area contributed by atoms with E-state index in [1.54, 1.807) is 7.05 Å². The summed E-state index contributed by atoms with van der Waals surface area (Å²) in [4.78, 5) is 26.5. The third-order valence-electron chi connectivity index (χ3n) is 4.13. The molecule has 7 heteroatoms. The van der Waals surface area contributed by atoms with E-state index in [9.17, 15) is 9.59 Å². The molecule has 3 aromatic rings. The summed E-state index contributed by atoms with van der Waals surface area (Å²) in [6, 6.07) is 15.0. The molecule has 146 valence electrons. The molecule has 0 spiro atoms. The molecule has 0 bridgehead atoms. The molecule has 1 heterocycles. The zero-order valence-corrected chi connectivity index (χ0v) is 17.2. The van der Waals surface area contributed by atoms with Crippen molar-refractivity contribution in [2.24, 2.45) is 0 Å². The summed E-state index contributed by atoms with van der Waals surface area (Å²) in [5.74, 6) is -0.0946. The predicted molar refractivity (Wildman–Crippen MR) is 111 cm³/mol. The van der Waals surface area contributed by atoms with Crippen LogP contribution in [0.15, 0.2) is 48.5 Å². The number of thiophene rings is 1. The van der Waals surface area contributed by atoms with Gasteiger partial charge in [0.25, 0.3) is 5.91 Å². The lowest BCUT2D eigenvalue weighted by molar-refractivity contribution is -0.133. The third-order valence-corrected chi connectivity index (χ3v) is 5.78. The van der Waals surface area contributed by atoms with Crippen molar-refractivity contribution in [1.29, 1.82) is 0 Å². The van der Waals surface area contributed by atoms with Crippen molar-refractivity contribution in [2.45, 2.75) is 13.5 Å². The number of halogens is 1. The normalized spacial score (nSPS) is 10.7. The minimum atomic E-state index is -0.589. The van der Waals surface area contributed by atoms with Crippen molar-refractivity contribution < 1.29 is 19.1 Å². The van der Waals surface area contributed by atoms with Crippen molar-refractivity contribution in [1.82, 2.24) is 4.90 Å². The number of carbonyl (C=O) groups is 2. The number of hydrogen-bond donors (Lipinski definition) is 0. The molecule has 0 atom stereocenters. The maximum absolute atomic E-state index is 12.3. The van der Waals surface area contributed by atoms with Crippen molar-refractivity contribution in [2.75, 3.05) is 20.3 Å². The largest absolute Gasteiger partial charge is 0.494 e. The van der Waals surface area contributed by atoms with Gasteiger partial charge in [-0.15, -0.1) is 11.3 Å². The lowest BCUT2D eigenvalue weighted by Crippen LogP contribution is -2.30. The number of esters is 1. The Balaban J connectivity index is 1.56. The Labute approximate surface area is 172 Å². The maximum atomic E-state index is 12.3. The number of nitrogens with zero attached hydrogens (tertiary/aromatic N) is 1. The van der Waals surface area contributed by atoms with Crippen LogP contribution in [0, 0.1) is 0 Å². The average Bonchev–Trinajstić information content (AvgIpc) is 3.04. The van der Waals surface area contributed by atoms with Gasteiger partial charge in [0.2, 0.25) is 0 Å². The van der Waals surface area contributed by atoms with E-state index in [0.29, 0.717) is 23.1 Å². The number of likely N-dealkylation sites (N-methyl/N-ethyl adjacent to an activating group) is 1. The van der Waals surface area contributed by atoms with E-state index in [1.807, 2.05) is 55.5 Å². The van der Waals surface area contributed by atoms with Crippen LogP contribution in [-0.4, -0.2) is 37.0 Å². The molecule has 0 aliphatic rings. The van der Waals surface area contributed by atoms with E-state index in [2.05, 4.69) is 0 Å². The van der Waals surface area contributed by atoms with Crippen LogP contribution < -0.4 is 4.74 Å². The molecule has 0 aliphatic carbocycles. The predicted octanol–water partition coefficient (Wildman–Crippen LogP) is 4.77. The Morgan fingerprint density at radius 1 is 1.11 bits per heavy atom. The van der Waals surface area contributed by atoms with Gasteiger partial charge in [0.05, 0.1) is 11.6 Å². The molecule has 0 N–H and O–H groups in total. The first-order valence-corrected chi connectivity index (χ1v) is 9.99. The number of rotatable bonds is 7. The van der Waals surface area contributed by atoms with Crippen LogP contribution in [0.5, 0.6) is 5.75 Å². The second-order valence-corrected chi connectivity index (χ2v) is 7.57. The van der Waals surface area contributed by atoms with Crippen molar-refractivity contribution >= 4 is 44.9 Å². The van der Waals surface area contributed by atoms with Gasteiger partial charge >= 0.3 is 5.97 Å². The van der Waals surface area contributed by atoms with E-state index in [4.69, 9.17) is 21.1 Å². The lowest BCUT2D eigenvalue weighted by atomic mass is 10.2. The third kappa shape index (κ3) is 4.64. The van der Waals surface area contributed by atoms with Crippen LogP contribution in [0.3, 0.4) is 0 Å². The van der Waals surface area contributed by atoms with Gasteiger partial charge in [0.15, 0.2) is 6.61 Å². The summed E-state index contributed by atoms with van der Waals surface area (Å²) in [5.41, 5.74) is 0.957. The Morgan fingerprint density at radius 3 is 2.50 bits per heavy atom. The van der Waals surface area contributed by atoms with E-state index in [-0.39, 0.29) is 12.5 Å². The van der Waals surface area contributed by atoms with E-state index >= 15 is 0 Å². The second-order valence-electron chi connectivity index (χ2n) is 6.14. The van der Waals surface area contributed by atoms with Crippen LogP contribution in [0.4, 0.5) is 0 Å². The summed E-state index contributed by atoms with van der Waals surface area (Å²) in [6.07, 6.45) is 0. The molecule has 0 unspecified atom stereocenters. The Bertz CT molecular complexity index is 984. The summed E-state index contributed by atoms with van der Waals surface area (Å²) in [5, 5.41) is 1.17. The highest BCUT2D eigenvalue weighted by Gasteiger charge is 2.20. The summed E-state index contributed by atoms with van der Waals surface area (Å²) in [6.45, 7) is 2.60. The zero-order valence-electron chi connectivity index (χ0n) is 15.6. The van der Waals surface area contributed by atoms with Crippen molar-refractivity contribution in [3.8, 4) is 5.75 Å². The van der Waals surface area contributed by atoms with Gasteiger partial charge in [0.1, 0.15) is 10.6 Å². The minimum absolute atomic E-state index is 0.292. The molecule has 0 saturated carbocycles. The summed E-state index contributed by atoms with van der Waals surface area (Å²) < 4.78 is 11.5. The van der Waals surface area contributed by atoms with Gasteiger partial charge in [-0.2, -0.15) is 0 Å². The fraction of sp³-hybridized carbons (Fsp3) is 0.238. The van der Waals surface area contributed by atoms with Gasteiger partial charge in [-0.3, -0.25) is 4.79 Å². The molecule has 1 amide bonds. The van der Waals surface area contributed by atoms with E-state index in [1.165, 1.54) is 16.2 Å². The molecule has 5 nitrogen and oxygen atoms in total. The van der Waals surface area contributed by atoms with Gasteiger partial charge in [-0.25, -0.2) is 4.79 Å². The molecule has 1 aromatic heterocycles. The maximum Gasteiger partial charge on any atom is 0.350 e. The minimum Gasteiger partial charge on any atom is -0.494 e. The Morgan fingerprint density at radius 2 is 1.82 bits per heavy atom. The molecule has 0 saturated heterocycles. The molecule has 0 radical (unpaired) electrons. The highest BCUT2D eigenvalue weighted by Crippen LogP contribution is 2.35. The van der Waals surface area contributed by atoms with Crippen LogP contribution in [0.2, 0.25) is 5.02 Å². The molecular weight excluding hydrogens is 398 g/mol. The van der Waals surface area contributed by atoms with Crippen molar-refractivity contribution in [3.63, 3.8) is 0 Å². The molecule has 28 heavy (non-hydrogen) atoms. The number of benzene rings is 2. The SMILES string of the molecule is CCOc1ccc(CN(C)C(=O)COC(=O)c2sc3ccccc3c2Cl)cc1. The highest BCUT2D eigenvalue weighted by molar-refractivity contribution is 7.21. The fourth-order valence-electron chi connectivity index (χ4n) is 2.67. The van der Waals surface area contributed by atoms with Crippen molar-refractivity contribution in [3.05, 3.63) is 64.0 Å². The zero-order chi connectivity index (χ0) is 20.1. The Kier molecular flexibility index (Phi) is 6.54. The van der Waals surface area contributed by atoms with Gasteiger partial charge in [0, 0.05) is 23.7 Å². The number of carbonyl (C=O) groups excluding carboxylic acids is 2. The Hall–Kier alpha value is -2.57. The van der Waals surface area contributed by atoms with Gasteiger partial charge in [-0.1, -0.05) is 41.9 Å². The van der Waals surface area contributed by atoms with Gasteiger partial charge in [-0.05, 0) is 30.7 Å². The first-order valence-electron chi connectivity index (χ1n) is 8.79. The molecule has 2 aromatic carbocycles. The summed E-state index contributed by atoms with van der Waals surface area (Å²) >= 11 is 7.53. The second kappa shape index (κ2) is 9.08. The van der Waals surface area contributed by atoms with Crippen LogP contribution in [-0.2, 0) is 16.1 Å². The van der Waals surface area contributed by atoms with Crippen LogP contribution in [0.25, 0.3) is 10.1 Å².